The predicted molar refractivity (Wildman–Crippen MR) is 80.8 cm³/mol. The molecule has 1 aromatic rings. The van der Waals surface area contributed by atoms with Crippen molar-refractivity contribution in [2.75, 3.05) is 26.2 Å². The summed E-state index contributed by atoms with van der Waals surface area (Å²) in [5, 5.41) is 9.17. The van der Waals surface area contributed by atoms with Crippen molar-refractivity contribution in [2.24, 2.45) is 11.3 Å². The number of carbonyl (C=O) groups is 1. The summed E-state index contributed by atoms with van der Waals surface area (Å²) in [6.07, 6.45) is 2.07. The Morgan fingerprint density at radius 1 is 1.25 bits per heavy atom. The second kappa shape index (κ2) is 6.51. The maximum atomic E-state index is 12.6. The highest BCUT2D eigenvalue weighted by Gasteiger charge is 2.32. The van der Waals surface area contributed by atoms with Gasteiger partial charge in [-0.05, 0) is 31.8 Å². The number of aliphatic hydroxyl groups excluding tert-OH is 1. The van der Waals surface area contributed by atoms with E-state index in [4.69, 9.17) is 0 Å². The van der Waals surface area contributed by atoms with Crippen LogP contribution in [0.2, 0.25) is 0 Å². The number of likely N-dealkylation sites (tertiary alicyclic amines) is 1. The number of carbonyl (C=O) groups excluding carboxylic acids is 1. The van der Waals surface area contributed by atoms with E-state index in [1.165, 1.54) is 0 Å². The second-order valence-electron chi connectivity index (χ2n) is 6.48. The van der Waals surface area contributed by atoms with Crippen LogP contribution in [-0.2, 0) is 0 Å². The van der Waals surface area contributed by atoms with E-state index in [1.807, 2.05) is 44.2 Å². The van der Waals surface area contributed by atoms with Gasteiger partial charge in [-0.2, -0.15) is 0 Å². The summed E-state index contributed by atoms with van der Waals surface area (Å²) < 4.78 is 0. The molecule has 1 saturated heterocycles. The molecule has 3 heteroatoms. The van der Waals surface area contributed by atoms with Gasteiger partial charge in [-0.3, -0.25) is 4.79 Å². The number of rotatable bonds is 5. The molecule has 20 heavy (non-hydrogen) atoms. The minimum Gasteiger partial charge on any atom is -0.396 e. The van der Waals surface area contributed by atoms with Crippen LogP contribution in [0.1, 0.15) is 37.0 Å². The Morgan fingerprint density at radius 3 is 2.40 bits per heavy atom. The summed E-state index contributed by atoms with van der Waals surface area (Å²) in [6.45, 7) is 7.10. The molecule has 110 valence electrons. The van der Waals surface area contributed by atoms with Gasteiger partial charge in [-0.15, -0.1) is 0 Å². The Morgan fingerprint density at radius 2 is 1.85 bits per heavy atom. The average Bonchev–Trinajstić information content (AvgIpc) is 2.48. The minimum atomic E-state index is -0.368. The summed E-state index contributed by atoms with van der Waals surface area (Å²) in [5.74, 6) is 0.654. The monoisotopic (exact) mass is 275 g/mol. The zero-order valence-electron chi connectivity index (χ0n) is 12.5. The van der Waals surface area contributed by atoms with Gasteiger partial charge in [0.2, 0.25) is 0 Å². The summed E-state index contributed by atoms with van der Waals surface area (Å²) in [5.41, 5.74) is 0.427. The Bertz CT molecular complexity index is 434. The lowest BCUT2D eigenvalue weighted by Crippen LogP contribution is -2.43. The van der Waals surface area contributed by atoms with Gasteiger partial charge in [0.05, 0.1) is 0 Å². The van der Waals surface area contributed by atoms with Crippen molar-refractivity contribution in [3.63, 3.8) is 0 Å². The van der Waals surface area contributed by atoms with E-state index in [1.54, 1.807) is 0 Å². The predicted octanol–water partition coefficient (Wildman–Crippen LogP) is 2.60. The van der Waals surface area contributed by atoms with Crippen molar-refractivity contribution in [3.05, 3.63) is 35.9 Å². The molecule has 0 unspecified atom stereocenters. The third-order valence-corrected chi connectivity index (χ3v) is 4.23. The molecule has 1 aromatic carbocycles. The fraction of sp³-hybridized carbons (Fsp3) is 0.588. The normalized spacial score (nSPS) is 18.1. The van der Waals surface area contributed by atoms with Crippen molar-refractivity contribution in [1.29, 1.82) is 0 Å². The van der Waals surface area contributed by atoms with Crippen LogP contribution in [0, 0.1) is 11.3 Å². The van der Waals surface area contributed by atoms with Gasteiger partial charge in [-0.1, -0.05) is 44.2 Å². The maximum Gasteiger partial charge on any atom is 0.169 e. The zero-order chi connectivity index (χ0) is 14.6. The maximum absolute atomic E-state index is 12.6. The van der Waals surface area contributed by atoms with Crippen molar-refractivity contribution in [2.45, 2.75) is 26.7 Å². The Balaban J connectivity index is 1.96. The first-order chi connectivity index (χ1) is 9.53. The summed E-state index contributed by atoms with van der Waals surface area (Å²) in [7, 11) is 0. The minimum absolute atomic E-state index is 0.211. The molecule has 0 amide bonds. The lowest BCUT2D eigenvalue weighted by Gasteiger charge is -2.36. The molecular weight excluding hydrogens is 250 g/mol. The molecule has 0 radical (unpaired) electrons. The van der Waals surface area contributed by atoms with Gasteiger partial charge in [0.25, 0.3) is 0 Å². The molecule has 0 aromatic heterocycles. The quantitative estimate of drug-likeness (QED) is 0.840. The standard InChI is InChI=1S/C17H25NO2/c1-17(2,16(20)15-6-4-3-5-7-15)13-18-10-8-14(12-19)9-11-18/h3-7,14,19H,8-13H2,1-2H3. The molecule has 3 nitrogen and oxygen atoms in total. The highest BCUT2D eigenvalue weighted by atomic mass is 16.3. The molecule has 1 fully saturated rings. The number of ketones is 1. The average molecular weight is 275 g/mol. The molecular formula is C17H25NO2. The Kier molecular flexibility index (Phi) is 4.95. The molecule has 2 rings (SSSR count). The van der Waals surface area contributed by atoms with E-state index in [0.29, 0.717) is 12.5 Å². The van der Waals surface area contributed by atoms with Crippen LogP contribution in [-0.4, -0.2) is 42.0 Å². The second-order valence-corrected chi connectivity index (χ2v) is 6.48. The number of nitrogens with zero attached hydrogens (tertiary/aromatic N) is 1. The number of benzene rings is 1. The van der Waals surface area contributed by atoms with E-state index in [0.717, 1.165) is 38.0 Å². The van der Waals surface area contributed by atoms with Crippen LogP contribution >= 0.6 is 0 Å². The smallest absolute Gasteiger partial charge is 0.169 e. The number of piperidine rings is 1. The van der Waals surface area contributed by atoms with Crippen LogP contribution in [0.3, 0.4) is 0 Å². The molecule has 1 heterocycles. The van der Waals surface area contributed by atoms with Gasteiger partial charge >= 0.3 is 0 Å². The SMILES string of the molecule is CC(C)(CN1CCC(CO)CC1)C(=O)c1ccccc1. The third kappa shape index (κ3) is 3.68. The van der Waals surface area contributed by atoms with Gasteiger partial charge in [-0.25, -0.2) is 0 Å². The summed E-state index contributed by atoms with van der Waals surface area (Å²) >= 11 is 0. The van der Waals surface area contributed by atoms with E-state index >= 15 is 0 Å². The Hall–Kier alpha value is -1.19. The van der Waals surface area contributed by atoms with Gasteiger partial charge in [0, 0.05) is 24.1 Å². The third-order valence-electron chi connectivity index (χ3n) is 4.23. The van der Waals surface area contributed by atoms with E-state index in [2.05, 4.69) is 4.90 Å². The van der Waals surface area contributed by atoms with Gasteiger partial charge in [0.15, 0.2) is 5.78 Å². The molecule has 0 atom stereocenters. The fourth-order valence-corrected chi connectivity index (χ4v) is 2.94. The number of aliphatic hydroxyl groups is 1. The Labute approximate surface area is 121 Å². The number of hydrogen-bond donors (Lipinski definition) is 1. The van der Waals surface area contributed by atoms with E-state index in [9.17, 15) is 9.90 Å². The number of Topliss-reactive ketones (excluding diaryl/α,β-unsaturated/α-hetero) is 1. The van der Waals surface area contributed by atoms with Crippen LogP contribution in [0.4, 0.5) is 0 Å². The van der Waals surface area contributed by atoms with Gasteiger partial charge < -0.3 is 10.0 Å². The largest absolute Gasteiger partial charge is 0.396 e. The first-order valence-corrected chi connectivity index (χ1v) is 7.46. The molecule has 1 N–H and O–H groups in total. The zero-order valence-corrected chi connectivity index (χ0v) is 12.5. The van der Waals surface area contributed by atoms with E-state index < -0.39 is 0 Å². The summed E-state index contributed by atoms with van der Waals surface area (Å²) in [4.78, 5) is 14.9. The summed E-state index contributed by atoms with van der Waals surface area (Å²) in [6, 6.07) is 9.54. The van der Waals surface area contributed by atoms with Crippen molar-refractivity contribution in [1.82, 2.24) is 4.90 Å². The molecule has 0 bridgehead atoms. The lowest BCUT2D eigenvalue weighted by molar-refractivity contribution is 0.0683. The van der Waals surface area contributed by atoms with Crippen LogP contribution in [0.15, 0.2) is 30.3 Å². The molecule has 1 aliphatic rings. The number of hydrogen-bond acceptors (Lipinski definition) is 3. The highest BCUT2D eigenvalue weighted by Crippen LogP contribution is 2.26. The molecule has 0 spiro atoms. The van der Waals surface area contributed by atoms with Crippen molar-refractivity contribution in [3.8, 4) is 0 Å². The van der Waals surface area contributed by atoms with Crippen LogP contribution in [0.5, 0.6) is 0 Å². The van der Waals surface area contributed by atoms with Crippen molar-refractivity contribution >= 4 is 5.78 Å². The molecule has 0 saturated carbocycles. The first kappa shape index (κ1) is 15.2. The van der Waals surface area contributed by atoms with Crippen molar-refractivity contribution < 1.29 is 9.90 Å². The first-order valence-electron chi connectivity index (χ1n) is 7.46. The highest BCUT2D eigenvalue weighted by molar-refractivity contribution is 6.00. The molecule has 0 aliphatic carbocycles. The molecule has 1 aliphatic heterocycles. The van der Waals surface area contributed by atoms with Crippen LogP contribution < -0.4 is 0 Å². The van der Waals surface area contributed by atoms with E-state index in [-0.39, 0.29) is 11.2 Å². The fourth-order valence-electron chi connectivity index (χ4n) is 2.94. The van der Waals surface area contributed by atoms with Gasteiger partial charge in [0.1, 0.15) is 0 Å². The topological polar surface area (TPSA) is 40.5 Å². The lowest BCUT2D eigenvalue weighted by atomic mass is 9.83. The van der Waals surface area contributed by atoms with Crippen LogP contribution in [0.25, 0.3) is 0 Å².